The first kappa shape index (κ1) is 13.5. The third-order valence-electron chi connectivity index (χ3n) is 3.20. The third kappa shape index (κ3) is 2.59. The molecule has 2 rings (SSSR count). The van der Waals surface area contributed by atoms with E-state index in [0.29, 0.717) is 6.61 Å². The van der Waals surface area contributed by atoms with Gasteiger partial charge in [-0.25, -0.2) is 9.18 Å². The van der Waals surface area contributed by atoms with Crippen molar-refractivity contribution in [2.75, 3.05) is 13.2 Å². The van der Waals surface area contributed by atoms with Gasteiger partial charge in [0.05, 0.1) is 31.4 Å². The summed E-state index contributed by atoms with van der Waals surface area (Å²) in [6, 6.07) is -1.05. The van der Waals surface area contributed by atoms with Gasteiger partial charge in [-0.15, -0.1) is 0 Å². The van der Waals surface area contributed by atoms with E-state index in [2.05, 4.69) is 0 Å². The second-order valence-electron chi connectivity index (χ2n) is 5.89. The summed E-state index contributed by atoms with van der Waals surface area (Å²) in [6.45, 7) is 5.72. The number of amides is 1. The molecule has 2 aliphatic heterocycles. The summed E-state index contributed by atoms with van der Waals surface area (Å²) in [5.41, 5.74) is -0.617. The molecule has 0 spiro atoms. The van der Waals surface area contributed by atoms with E-state index in [1.165, 1.54) is 4.90 Å². The van der Waals surface area contributed by atoms with Crippen LogP contribution in [0.1, 0.15) is 27.2 Å². The Labute approximate surface area is 106 Å². The number of fused-ring (bicyclic) bond motifs is 2. The van der Waals surface area contributed by atoms with Crippen LogP contribution in [0.25, 0.3) is 0 Å². The fourth-order valence-corrected chi connectivity index (χ4v) is 2.45. The minimum atomic E-state index is -1.48. The Morgan fingerprint density at radius 3 is 2.72 bits per heavy atom. The molecular formula is C12H20FNO4. The molecule has 18 heavy (non-hydrogen) atoms. The number of ether oxygens (including phenoxy) is 2. The van der Waals surface area contributed by atoms with Gasteiger partial charge in [0.1, 0.15) is 11.8 Å². The highest BCUT2D eigenvalue weighted by Gasteiger charge is 2.49. The van der Waals surface area contributed by atoms with Gasteiger partial charge in [-0.05, 0) is 27.2 Å². The van der Waals surface area contributed by atoms with Gasteiger partial charge in [-0.3, -0.25) is 4.90 Å². The molecule has 2 bridgehead atoms. The second-order valence-corrected chi connectivity index (χ2v) is 5.89. The molecule has 1 N–H and O–H groups in total. The van der Waals surface area contributed by atoms with E-state index in [1.54, 1.807) is 20.8 Å². The summed E-state index contributed by atoms with van der Waals surface area (Å²) in [6.07, 6.45) is -2.84. The van der Waals surface area contributed by atoms with Gasteiger partial charge >= 0.3 is 6.09 Å². The SMILES string of the molecule is CC(C)(C)OC(=O)N1C2COCC1[C@@H](F)[C@@H](O)C2. The zero-order valence-electron chi connectivity index (χ0n) is 10.9. The molecule has 2 aliphatic rings. The van der Waals surface area contributed by atoms with Gasteiger partial charge in [-0.1, -0.05) is 0 Å². The molecular weight excluding hydrogens is 241 g/mol. The van der Waals surface area contributed by atoms with Crippen LogP contribution in [0.2, 0.25) is 0 Å². The second kappa shape index (κ2) is 4.66. The largest absolute Gasteiger partial charge is 0.444 e. The van der Waals surface area contributed by atoms with E-state index >= 15 is 0 Å². The number of morpholine rings is 1. The van der Waals surface area contributed by atoms with Gasteiger partial charge in [0.25, 0.3) is 0 Å². The number of halogens is 1. The quantitative estimate of drug-likeness (QED) is 0.709. The first-order chi connectivity index (χ1) is 8.29. The van der Waals surface area contributed by atoms with E-state index in [4.69, 9.17) is 9.47 Å². The number of piperidine rings is 1. The highest BCUT2D eigenvalue weighted by molar-refractivity contribution is 5.69. The van der Waals surface area contributed by atoms with Crippen molar-refractivity contribution in [3.05, 3.63) is 0 Å². The Hall–Kier alpha value is -0.880. The maximum Gasteiger partial charge on any atom is 0.411 e. The molecule has 0 aromatic carbocycles. The Kier molecular flexibility index (Phi) is 3.51. The van der Waals surface area contributed by atoms with Crippen molar-refractivity contribution in [3.63, 3.8) is 0 Å². The fraction of sp³-hybridized carbons (Fsp3) is 0.917. The Balaban J connectivity index is 2.14. The number of hydrogen-bond donors (Lipinski definition) is 1. The first-order valence-corrected chi connectivity index (χ1v) is 6.21. The molecule has 4 atom stereocenters. The molecule has 2 unspecified atom stereocenters. The van der Waals surface area contributed by atoms with Crippen molar-refractivity contribution in [1.82, 2.24) is 4.90 Å². The van der Waals surface area contributed by atoms with E-state index in [1.807, 2.05) is 0 Å². The lowest BCUT2D eigenvalue weighted by molar-refractivity contribution is -0.136. The van der Waals surface area contributed by atoms with Crippen LogP contribution in [0.5, 0.6) is 0 Å². The number of aliphatic hydroxyl groups excluding tert-OH is 1. The van der Waals surface area contributed by atoms with Gasteiger partial charge in [0, 0.05) is 0 Å². The van der Waals surface area contributed by atoms with Crippen molar-refractivity contribution in [2.24, 2.45) is 0 Å². The Bertz CT molecular complexity index is 331. The average molecular weight is 261 g/mol. The predicted octanol–water partition coefficient (Wildman–Crippen LogP) is 1.09. The van der Waals surface area contributed by atoms with Gasteiger partial charge < -0.3 is 14.6 Å². The van der Waals surface area contributed by atoms with Crippen molar-refractivity contribution in [1.29, 1.82) is 0 Å². The minimum Gasteiger partial charge on any atom is -0.444 e. The van der Waals surface area contributed by atoms with Crippen LogP contribution in [0.4, 0.5) is 9.18 Å². The van der Waals surface area contributed by atoms with Gasteiger partial charge in [0.15, 0.2) is 0 Å². The summed E-state index contributed by atoms with van der Waals surface area (Å²) in [4.78, 5) is 13.5. The number of carbonyl (C=O) groups is 1. The van der Waals surface area contributed by atoms with Crippen LogP contribution in [0.15, 0.2) is 0 Å². The summed E-state index contributed by atoms with van der Waals surface area (Å²) in [5.74, 6) is 0. The smallest absolute Gasteiger partial charge is 0.411 e. The lowest BCUT2D eigenvalue weighted by Crippen LogP contribution is -2.65. The molecule has 6 heteroatoms. The van der Waals surface area contributed by atoms with Crippen molar-refractivity contribution in [3.8, 4) is 0 Å². The fourth-order valence-electron chi connectivity index (χ4n) is 2.45. The average Bonchev–Trinajstić information content (AvgIpc) is 2.23. The van der Waals surface area contributed by atoms with Crippen LogP contribution < -0.4 is 0 Å². The lowest BCUT2D eigenvalue weighted by Gasteiger charge is -2.48. The summed E-state index contributed by atoms with van der Waals surface area (Å²) in [7, 11) is 0. The van der Waals surface area contributed by atoms with Crippen molar-refractivity contribution >= 4 is 6.09 Å². The molecule has 2 fully saturated rings. The topological polar surface area (TPSA) is 59.0 Å². The number of rotatable bonds is 0. The maximum absolute atomic E-state index is 13.9. The van der Waals surface area contributed by atoms with E-state index < -0.39 is 30.0 Å². The summed E-state index contributed by atoms with van der Waals surface area (Å²) in [5, 5.41) is 9.61. The van der Waals surface area contributed by atoms with Crippen molar-refractivity contribution in [2.45, 2.75) is 57.2 Å². The molecule has 0 aliphatic carbocycles. The van der Waals surface area contributed by atoms with E-state index in [9.17, 15) is 14.3 Å². The Morgan fingerprint density at radius 1 is 1.44 bits per heavy atom. The third-order valence-corrected chi connectivity index (χ3v) is 3.20. The van der Waals surface area contributed by atoms with E-state index in [0.717, 1.165) is 0 Å². The summed E-state index contributed by atoms with van der Waals surface area (Å²) < 4.78 is 24.5. The first-order valence-electron chi connectivity index (χ1n) is 6.21. The predicted molar refractivity (Wildman–Crippen MR) is 62.0 cm³/mol. The van der Waals surface area contributed by atoms with Crippen LogP contribution in [0.3, 0.4) is 0 Å². The monoisotopic (exact) mass is 261 g/mol. The van der Waals surface area contributed by atoms with Crippen LogP contribution in [-0.2, 0) is 9.47 Å². The van der Waals surface area contributed by atoms with Gasteiger partial charge in [0.2, 0.25) is 0 Å². The van der Waals surface area contributed by atoms with E-state index in [-0.39, 0.29) is 19.1 Å². The molecule has 104 valence electrons. The highest BCUT2D eigenvalue weighted by atomic mass is 19.1. The molecule has 5 nitrogen and oxygen atoms in total. The lowest BCUT2D eigenvalue weighted by atomic mass is 9.91. The minimum absolute atomic E-state index is 0.105. The number of carbonyl (C=O) groups excluding carboxylic acids is 1. The Morgan fingerprint density at radius 2 is 2.11 bits per heavy atom. The molecule has 1 amide bonds. The summed E-state index contributed by atoms with van der Waals surface area (Å²) >= 11 is 0. The molecule has 0 aromatic rings. The number of hydrogen-bond acceptors (Lipinski definition) is 4. The number of nitrogens with zero attached hydrogens (tertiary/aromatic N) is 1. The zero-order chi connectivity index (χ0) is 13.5. The van der Waals surface area contributed by atoms with Crippen LogP contribution in [-0.4, -0.2) is 59.3 Å². The van der Waals surface area contributed by atoms with Crippen LogP contribution >= 0.6 is 0 Å². The van der Waals surface area contributed by atoms with Gasteiger partial charge in [-0.2, -0.15) is 0 Å². The number of aliphatic hydroxyl groups is 1. The molecule has 0 saturated carbocycles. The normalized spacial score (nSPS) is 36.4. The zero-order valence-corrected chi connectivity index (χ0v) is 10.9. The molecule has 0 aromatic heterocycles. The van der Waals surface area contributed by atoms with Crippen molar-refractivity contribution < 1.29 is 23.8 Å². The number of alkyl halides is 1. The maximum atomic E-state index is 13.9. The molecule has 2 saturated heterocycles. The molecule has 0 radical (unpaired) electrons. The highest BCUT2D eigenvalue weighted by Crippen LogP contribution is 2.31. The standard InChI is InChI=1S/C12H20FNO4/c1-12(2,3)18-11(16)14-7-4-9(15)10(13)8(14)6-17-5-7/h7-10,15H,4-6H2,1-3H3/t7?,8?,9-,10+/m0/s1. The molecule has 2 heterocycles. The van der Waals surface area contributed by atoms with Crippen LogP contribution in [0, 0.1) is 0 Å².